The molecule has 0 aromatic heterocycles. The summed E-state index contributed by atoms with van der Waals surface area (Å²) in [7, 11) is 0. The van der Waals surface area contributed by atoms with Gasteiger partial charge in [0.25, 0.3) is 0 Å². The van der Waals surface area contributed by atoms with Crippen LogP contribution in [0.2, 0.25) is 5.02 Å². The number of hydrogen-bond donors (Lipinski definition) is 0. The summed E-state index contributed by atoms with van der Waals surface area (Å²) in [6.07, 6.45) is 0.655. The first-order valence-electron chi connectivity index (χ1n) is 6.22. The van der Waals surface area contributed by atoms with Crippen molar-refractivity contribution < 1.29 is 9.53 Å². The van der Waals surface area contributed by atoms with E-state index in [1.807, 2.05) is 43.0 Å². The number of nitrogens with zero attached hydrogens (tertiary/aromatic N) is 1. The van der Waals surface area contributed by atoms with Crippen LogP contribution < -0.4 is 0 Å². The topological polar surface area (TPSA) is 29.5 Å². The van der Waals surface area contributed by atoms with Crippen molar-refractivity contribution in [3.63, 3.8) is 0 Å². The number of ether oxygens (including phenoxy) is 1. The molecule has 1 aliphatic heterocycles. The summed E-state index contributed by atoms with van der Waals surface area (Å²) in [5.74, 6) is 0.152. The molecule has 1 heterocycles. The number of carbonyl (C=O) groups excluding carboxylic acids is 1. The number of halogens is 1. The first-order valence-corrected chi connectivity index (χ1v) is 6.60. The van der Waals surface area contributed by atoms with E-state index in [0.29, 0.717) is 24.5 Å². The van der Waals surface area contributed by atoms with Crippen LogP contribution in [-0.4, -0.2) is 36.1 Å². The molecule has 3 nitrogen and oxygen atoms in total. The Kier molecular flexibility index (Phi) is 4.25. The molecule has 0 unspecified atom stereocenters. The second-order valence-electron chi connectivity index (χ2n) is 4.86. The molecule has 2 rings (SSSR count). The Bertz CT molecular complexity index is 408. The first-order chi connectivity index (χ1) is 8.54. The molecule has 0 saturated carbocycles. The Hall–Kier alpha value is -1.06. The fourth-order valence-corrected chi connectivity index (χ4v) is 2.40. The minimum absolute atomic E-state index is 0.114. The zero-order valence-electron chi connectivity index (χ0n) is 10.7. The van der Waals surface area contributed by atoms with E-state index in [9.17, 15) is 4.79 Å². The van der Waals surface area contributed by atoms with Crippen LogP contribution in [-0.2, 0) is 16.0 Å². The van der Waals surface area contributed by atoms with Crippen LogP contribution in [0.5, 0.6) is 0 Å². The molecule has 0 radical (unpaired) electrons. The summed E-state index contributed by atoms with van der Waals surface area (Å²) >= 11 is 5.82. The molecule has 1 aliphatic rings. The van der Waals surface area contributed by atoms with Crippen molar-refractivity contribution in [2.24, 2.45) is 0 Å². The second kappa shape index (κ2) is 5.72. The standard InChI is InChI=1S/C14H18ClNO2/c1-10-8-16(9-11(2)18-10)14(17)7-12-3-5-13(15)6-4-12/h3-6,10-11H,7-9H2,1-2H3/t10-,11-/m0/s1. The fourth-order valence-electron chi connectivity index (χ4n) is 2.27. The molecule has 1 fully saturated rings. The van der Waals surface area contributed by atoms with Crippen LogP contribution in [0.4, 0.5) is 0 Å². The summed E-state index contributed by atoms with van der Waals surface area (Å²) in [6.45, 7) is 5.35. The van der Waals surface area contributed by atoms with Gasteiger partial charge in [0.1, 0.15) is 0 Å². The third-order valence-electron chi connectivity index (χ3n) is 3.04. The van der Waals surface area contributed by atoms with Crippen LogP contribution in [0, 0.1) is 0 Å². The van der Waals surface area contributed by atoms with Gasteiger partial charge in [0.05, 0.1) is 18.6 Å². The lowest BCUT2D eigenvalue weighted by molar-refractivity contribution is -0.142. The van der Waals surface area contributed by atoms with Gasteiger partial charge < -0.3 is 9.64 Å². The Morgan fingerprint density at radius 3 is 2.39 bits per heavy atom. The van der Waals surface area contributed by atoms with Crippen molar-refractivity contribution in [2.45, 2.75) is 32.5 Å². The molecule has 0 bridgehead atoms. The van der Waals surface area contributed by atoms with E-state index in [0.717, 1.165) is 5.56 Å². The fraction of sp³-hybridized carbons (Fsp3) is 0.500. The van der Waals surface area contributed by atoms with Crippen LogP contribution in [0.3, 0.4) is 0 Å². The number of carbonyl (C=O) groups is 1. The van der Waals surface area contributed by atoms with Crippen molar-refractivity contribution >= 4 is 17.5 Å². The molecule has 1 aromatic rings. The van der Waals surface area contributed by atoms with Crippen LogP contribution in [0.15, 0.2) is 24.3 Å². The van der Waals surface area contributed by atoms with E-state index in [1.54, 1.807) is 0 Å². The molecule has 0 spiro atoms. The van der Waals surface area contributed by atoms with E-state index < -0.39 is 0 Å². The summed E-state index contributed by atoms with van der Waals surface area (Å²) < 4.78 is 5.62. The normalized spacial score (nSPS) is 24.1. The van der Waals surface area contributed by atoms with Gasteiger partial charge in [-0.15, -0.1) is 0 Å². The Labute approximate surface area is 113 Å². The number of rotatable bonds is 2. The minimum atomic E-state index is 0.114. The Balaban J connectivity index is 1.97. The van der Waals surface area contributed by atoms with Gasteiger partial charge in [-0.25, -0.2) is 0 Å². The monoisotopic (exact) mass is 267 g/mol. The molecule has 4 heteroatoms. The van der Waals surface area contributed by atoms with Gasteiger partial charge in [-0.2, -0.15) is 0 Å². The SMILES string of the molecule is C[C@H]1CN(C(=O)Cc2ccc(Cl)cc2)C[C@H](C)O1. The van der Waals surface area contributed by atoms with Gasteiger partial charge in [0, 0.05) is 18.1 Å². The van der Waals surface area contributed by atoms with Gasteiger partial charge in [-0.05, 0) is 31.5 Å². The van der Waals surface area contributed by atoms with Crippen molar-refractivity contribution in [1.82, 2.24) is 4.90 Å². The molecule has 0 N–H and O–H groups in total. The zero-order chi connectivity index (χ0) is 13.1. The molecule has 18 heavy (non-hydrogen) atoms. The van der Waals surface area contributed by atoms with E-state index in [1.165, 1.54) is 0 Å². The Morgan fingerprint density at radius 1 is 1.28 bits per heavy atom. The summed E-state index contributed by atoms with van der Waals surface area (Å²) in [4.78, 5) is 14.1. The number of amides is 1. The predicted octanol–water partition coefficient (Wildman–Crippen LogP) is 2.52. The zero-order valence-corrected chi connectivity index (χ0v) is 11.5. The number of morpholine rings is 1. The third-order valence-corrected chi connectivity index (χ3v) is 3.29. The molecule has 1 saturated heterocycles. The summed E-state index contributed by atoms with van der Waals surface area (Å²) in [6, 6.07) is 7.42. The number of benzene rings is 1. The van der Waals surface area contributed by atoms with Crippen molar-refractivity contribution in [2.75, 3.05) is 13.1 Å². The minimum Gasteiger partial charge on any atom is -0.372 e. The molecule has 98 valence electrons. The lowest BCUT2D eigenvalue weighted by Crippen LogP contribution is -2.48. The van der Waals surface area contributed by atoms with Crippen molar-refractivity contribution in [3.05, 3.63) is 34.9 Å². The van der Waals surface area contributed by atoms with E-state index in [4.69, 9.17) is 16.3 Å². The number of hydrogen-bond acceptors (Lipinski definition) is 2. The van der Waals surface area contributed by atoms with Gasteiger partial charge in [-0.3, -0.25) is 4.79 Å². The smallest absolute Gasteiger partial charge is 0.227 e. The molecule has 1 amide bonds. The maximum Gasteiger partial charge on any atom is 0.227 e. The lowest BCUT2D eigenvalue weighted by Gasteiger charge is -2.35. The van der Waals surface area contributed by atoms with Crippen LogP contribution >= 0.6 is 11.6 Å². The average Bonchev–Trinajstić information content (AvgIpc) is 2.31. The highest BCUT2D eigenvalue weighted by atomic mass is 35.5. The van der Waals surface area contributed by atoms with E-state index >= 15 is 0 Å². The molecule has 1 aromatic carbocycles. The van der Waals surface area contributed by atoms with Crippen LogP contribution in [0.25, 0.3) is 0 Å². The van der Waals surface area contributed by atoms with Gasteiger partial charge in [0.15, 0.2) is 0 Å². The molecular formula is C14H18ClNO2. The lowest BCUT2D eigenvalue weighted by atomic mass is 10.1. The molecular weight excluding hydrogens is 250 g/mol. The molecule has 0 aliphatic carbocycles. The average molecular weight is 268 g/mol. The summed E-state index contributed by atoms with van der Waals surface area (Å²) in [5, 5.41) is 0.694. The highest BCUT2D eigenvalue weighted by Gasteiger charge is 2.25. The van der Waals surface area contributed by atoms with Crippen molar-refractivity contribution in [1.29, 1.82) is 0 Å². The quantitative estimate of drug-likeness (QED) is 0.824. The Morgan fingerprint density at radius 2 is 1.83 bits per heavy atom. The van der Waals surface area contributed by atoms with Crippen LogP contribution in [0.1, 0.15) is 19.4 Å². The predicted molar refractivity (Wildman–Crippen MR) is 71.7 cm³/mol. The second-order valence-corrected chi connectivity index (χ2v) is 5.30. The van der Waals surface area contributed by atoms with Gasteiger partial charge in [0.2, 0.25) is 5.91 Å². The van der Waals surface area contributed by atoms with Gasteiger partial charge >= 0.3 is 0 Å². The summed E-state index contributed by atoms with van der Waals surface area (Å²) in [5.41, 5.74) is 0.996. The largest absolute Gasteiger partial charge is 0.372 e. The maximum absolute atomic E-state index is 12.2. The van der Waals surface area contributed by atoms with Gasteiger partial charge in [-0.1, -0.05) is 23.7 Å². The third kappa shape index (κ3) is 3.47. The highest BCUT2D eigenvalue weighted by Crippen LogP contribution is 2.14. The van der Waals surface area contributed by atoms with Crippen molar-refractivity contribution in [3.8, 4) is 0 Å². The molecule has 2 atom stereocenters. The van der Waals surface area contributed by atoms with E-state index in [2.05, 4.69) is 0 Å². The van der Waals surface area contributed by atoms with E-state index in [-0.39, 0.29) is 18.1 Å². The first kappa shape index (κ1) is 13.4. The maximum atomic E-state index is 12.2. The highest BCUT2D eigenvalue weighted by molar-refractivity contribution is 6.30.